The molecule has 0 aliphatic heterocycles. The molecule has 0 fully saturated rings. The molecule has 0 radical (unpaired) electrons. The van der Waals surface area contributed by atoms with Crippen LogP contribution in [0.5, 0.6) is 0 Å². The lowest BCUT2D eigenvalue weighted by Crippen LogP contribution is -2.19. The molecule has 0 aromatic carbocycles. The Kier molecular flexibility index (Phi) is 3.39. The van der Waals surface area contributed by atoms with E-state index in [0.29, 0.717) is 20.5 Å². The lowest BCUT2D eigenvalue weighted by atomic mass is 10.4. The standard InChI is InChI=1S/C11H7N5O3S2/c1-15-9(17)7-2-3-20-8(7)14-11(15)21-10-12-4-6(5-13-10)16(18)19/h2-5H,1H3. The highest BCUT2D eigenvalue weighted by Crippen LogP contribution is 2.25. The zero-order valence-corrected chi connectivity index (χ0v) is 12.2. The van der Waals surface area contributed by atoms with Crippen molar-refractivity contribution in [2.45, 2.75) is 10.3 Å². The normalized spacial score (nSPS) is 10.9. The quantitative estimate of drug-likeness (QED) is 0.412. The summed E-state index contributed by atoms with van der Waals surface area (Å²) in [5.74, 6) is 0. The maximum Gasteiger partial charge on any atom is 0.305 e. The van der Waals surface area contributed by atoms with E-state index in [1.54, 1.807) is 18.5 Å². The zero-order chi connectivity index (χ0) is 15.0. The molecule has 0 bridgehead atoms. The fourth-order valence-electron chi connectivity index (χ4n) is 1.61. The van der Waals surface area contributed by atoms with Gasteiger partial charge in [0.1, 0.15) is 17.2 Å². The van der Waals surface area contributed by atoms with Gasteiger partial charge in [0, 0.05) is 7.05 Å². The molecule has 0 saturated carbocycles. The fraction of sp³-hybridized carbons (Fsp3) is 0.0909. The number of thiophene rings is 1. The van der Waals surface area contributed by atoms with Gasteiger partial charge in [0.05, 0.1) is 10.3 Å². The Morgan fingerprint density at radius 3 is 2.76 bits per heavy atom. The summed E-state index contributed by atoms with van der Waals surface area (Å²) in [6.45, 7) is 0. The predicted octanol–water partition coefficient (Wildman–Crippen LogP) is 1.84. The molecule has 0 unspecified atom stereocenters. The molecule has 0 aliphatic carbocycles. The number of nitro groups is 1. The van der Waals surface area contributed by atoms with E-state index in [2.05, 4.69) is 15.0 Å². The number of rotatable bonds is 3. The minimum absolute atomic E-state index is 0.148. The first-order chi connectivity index (χ1) is 10.1. The maximum absolute atomic E-state index is 12.1. The molecule has 3 aromatic heterocycles. The second-order valence-corrected chi connectivity index (χ2v) is 5.81. The highest BCUT2D eigenvalue weighted by molar-refractivity contribution is 7.99. The third kappa shape index (κ3) is 2.50. The van der Waals surface area contributed by atoms with Crippen LogP contribution in [-0.2, 0) is 7.05 Å². The summed E-state index contributed by atoms with van der Waals surface area (Å²) in [6, 6.07) is 1.73. The number of fused-ring (bicyclic) bond motifs is 1. The number of nitrogens with zero attached hydrogens (tertiary/aromatic N) is 5. The summed E-state index contributed by atoms with van der Waals surface area (Å²) in [4.78, 5) is 34.9. The van der Waals surface area contributed by atoms with Crippen LogP contribution in [0.4, 0.5) is 5.69 Å². The molecule has 3 rings (SSSR count). The van der Waals surface area contributed by atoms with Gasteiger partial charge in [-0.15, -0.1) is 11.3 Å². The average molecular weight is 321 g/mol. The molecular formula is C11H7N5O3S2. The molecule has 3 aromatic rings. The zero-order valence-electron chi connectivity index (χ0n) is 10.6. The topological polar surface area (TPSA) is 104 Å². The first kappa shape index (κ1) is 13.6. The summed E-state index contributed by atoms with van der Waals surface area (Å²) >= 11 is 2.45. The largest absolute Gasteiger partial charge is 0.305 e. The number of aromatic nitrogens is 4. The Morgan fingerprint density at radius 2 is 2.10 bits per heavy atom. The molecule has 0 N–H and O–H groups in total. The Hall–Kier alpha value is -2.33. The van der Waals surface area contributed by atoms with Crippen molar-refractivity contribution in [2.24, 2.45) is 7.05 Å². The van der Waals surface area contributed by atoms with Crippen LogP contribution >= 0.6 is 23.1 Å². The summed E-state index contributed by atoms with van der Waals surface area (Å²) in [5, 5.41) is 13.6. The van der Waals surface area contributed by atoms with Crippen molar-refractivity contribution in [3.05, 3.63) is 44.3 Å². The molecule has 0 atom stereocenters. The van der Waals surface area contributed by atoms with E-state index in [1.165, 1.54) is 15.9 Å². The molecule has 3 heterocycles. The SMILES string of the molecule is Cn1c(Sc2ncc([N+](=O)[O-])cn2)nc2sccc2c1=O. The van der Waals surface area contributed by atoms with Crippen molar-refractivity contribution in [3.8, 4) is 0 Å². The van der Waals surface area contributed by atoms with Crippen LogP contribution in [0.25, 0.3) is 10.2 Å². The Balaban J connectivity index is 1.99. The first-order valence-corrected chi connectivity index (χ1v) is 7.34. The van der Waals surface area contributed by atoms with E-state index >= 15 is 0 Å². The van der Waals surface area contributed by atoms with Crippen molar-refractivity contribution < 1.29 is 4.92 Å². The van der Waals surface area contributed by atoms with E-state index in [0.717, 1.165) is 24.2 Å². The summed E-state index contributed by atoms with van der Waals surface area (Å²) in [7, 11) is 1.61. The number of hydrogen-bond acceptors (Lipinski definition) is 8. The van der Waals surface area contributed by atoms with Crippen LogP contribution in [0.3, 0.4) is 0 Å². The van der Waals surface area contributed by atoms with Gasteiger partial charge < -0.3 is 0 Å². The maximum atomic E-state index is 12.1. The minimum Gasteiger partial charge on any atom is -0.290 e. The van der Waals surface area contributed by atoms with Crippen molar-refractivity contribution >= 4 is 39.0 Å². The van der Waals surface area contributed by atoms with E-state index < -0.39 is 4.92 Å². The summed E-state index contributed by atoms with van der Waals surface area (Å²) in [6.07, 6.45) is 2.24. The lowest BCUT2D eigenvalue weighted by Gasteiger charge is -2.05. The van der Waals surface area contributed by atoms with Gasteiger partial charge in [0.15, 0.2) is 10.3 Å². The second kappa shape index (κ2) is 5.22. The lowest BCUT2D eigenvalue weighted by molar-refractivity contribution is -0.385. The average Bonchev–Trinajstić information content (AvgIpc) is 2.93. The molecule has 106 valence electrons. The van der Waals surface area contributed by atoms with Crippen molar-refractivity contribution in [3.63, 3.8) is 0 Å². The molecule has 21 heavy (non-hydrogen) atoms. The molecule has 0 aliphatic rings. The second-order valence-electron chi connectivity index (χ2n) is 3.98. The third-order valence-corrected chi connectivity index (χ3v) is 4.42. The molecule has 10 heteroatoms. The highest BCUT2D eigenvalue weighted by atomic mass is 32.2. The van der Waals surface area contributed by atoms with Crippen molar-refractivity contribution in [2.75, 3.05) is 0 Å². The van der Waals surface area contributed by atoms with Crippen LogP contribution < -0.4 is 5.56 Å². The molecule has 0 spiro atoms. The highest BCUT2D eigenvalue weighted by Gasteiger charge is 2.13. The van der Waals surface area contributed by atoms with Gasteiger partial charge in [-0.3, -0.25) is 19.5 Å². The van der Waals surface area contributed by atoms with Gasteiger partial charge in [0.2, 0.25) is 0 Å². The Morgan fingerprint density at radius 1 is 1.38 bits per heavy atom. The Labute approximate surface area is 125 Å². The van der Waals surface area contributed by atoms with Crippen molar-refractivity contribution in [1.29, 1.82) is 0 Å². The van der Waals surface area contributed by atoms with E-state index in [1.807, 2.05) is 0 Å². The minimum atomic E-state index is -0.569. The smallest absolute Gasteiger partial charge is 0.290 e. The molecule has 0 saturated heterocycles. The molecule has 0 amide bonds. The van der Waals surface area contributed by atoms with Crippen LogP contribution in [0, 0.1) is 10.1 Å². The van der Waals surface area contributed by atoms with Gasteiger partial charge in [0.25, 0.3) is 5.56 Å². The van der Waals surface area contributed by atoms with Gasteiger partial charge >= 0.3 is 5.69 Å². The van der Waals surface area contributed by atoms with Gasteiger partial charge in [-0.25, -0.2) is 15.0 Å². The van der Waals surface area contributed by atoms with E-state index in [4.69, 9.17) is 0 Å². The fourth-order valence-corrected chi connectivity index (χ4v) is 3.15. The van der Waals surface area contributed by atoms with Gasteiger partial charge in [-0.2, -0.15) is 0 Å². The Bertz CT molecular complexity index is 887. The van der Waals surface area contributed by atoms with E-state index in [9.17, 15) is 14.9 Å². The predicted molar refractivity (Wildman–Crippen MR) is 77.7 cm³/mol. The first-order valence-electron chi connectivity index (χ1n) is 5.65. The monoisotopic (exact) mass is 321 g/mol. The number of hydrogen-bond donors (Lipinski definition) is 0. The van der Waals surface area contributed by atoms with Crippen LogP contribution in [0.2, 0.25) is 0 Å². The van der Waals surface area contributed by atoms with E-state index in [-0.39, 0.29) is 11.2 Å². The third-order valence-electron chi connectivity index (χ3n) is 2.67. The summed E-state index contributed by atoms with van der Waals surface area (Å²) in [5.41, 5.74) is -0.333. The van der Waals surface area contributed by atoms with Crippen LogP contribution in [-0.4, -0.2) is 24.4 Å². The van der Waals surface area contributed by atoms with Crippen LogP contribution in [0.1, 0.15) is 0 Å². The molecular weight excluding hydrogens is 314 g/mol. The summed E-state index contributed by atoms with van der Waals surface area (Å²) < 4.78 is 1.41. The van der Waals surface area contributed by atoms with Gasteiger partial charge in [-0.05, 0) is 23.2 Å². The van der Waals surface area contributed by atoms with Crippen LogP contribution in [0.15, 0.2) is 38.9 Å². The molecule has 8 nitrogen and oxygen atoms in total. The van der Waals surface area contributed by atoms with Gasteiger partial charge in [-0.1, -0.05) is 0 Å². The van der Waals surface area contributed by atoms with Crippen molar-refractivity contribution in [1.82, 2.24) is 19.5 Å².